The minimum atomic E-state index is -0.280. The van der Waals surface area contributed by atoms with Gasteiger partial charge in [-0.25, -0.2) is 9.37 Å². The first kappa shape index (κ1) is 17.5. The summed E-state index contributed by atoms with van der Waals surface area (Å²) in [7, 11) is 0. The molecule has 0 radical (unpaired) electrons. The first-order chi connectivity index (χ1) is 15.3. The molecule has 5 heterocycles. The molecule has 5 aromatic heterocycles. The van der Waals surface area contributed by atoms with E-state index < -0.39 is 0 Å². The minimum absolute atomic E-state index is 0.280. The van der Waals surface area contributed by atoms with Gasteiger partial charge in [0, 0.05) is 52.3 Å². The Balaban J connectivity index is 1.53. The summed E-state index contributed by atoms with van der Waals surface area (Å²) in [5, 5.41) is 9.22. The van der Waals surface area contributed by atoms with Crippen molar-refractivity contribution >= 4 is 21.9 Å². The maximum Gasteiger partial charge on any atom is 0.181 e. The van der Waals surface area contributed by atoms with E-state index in [0.29, 0.717) is 11.2 Å². The Morgan fingerprint density at radius 2 is 1.65 bits per heavy atom. The Morgan fingerprint density at radius 3 is 2.52 bits per heavy atom. The zero-order valence-electron chi connectivity index (χ0n) is 16.2. The number of nitrogens with one attached hydrogen (secondary N) is 2. The van der Waals surface area contributed by atoms with Crippen molar-refractivity contribution in [1.82, 2.24) is 30.1 Å². The van der Waals surface area contributed by atoms with Crippen molar-refractivity contribution < 1.29 is 4.39 Å². The van der Waals surface area contributed by atoms with Gasteiger partial charge in [0.15, 0.2) is 5.65 Å². The van der Waals surface area contributed by atoms with Crippen LogP contribution >= 0.6 is 0 Å². The van der Waals surface area contributed by atoms with Crippen molar-refractivity contribution in [2.24, 2.45) is 0 Å². The summed E-state index contributed by atoms with van der Waals surface area (Å²) in [5.74, 6) is -0.280. The number of aromatic nitrogens is 6. The average molecular weight is 406 g/mol. The van der Waals surface area contributed by atoms with Crippen molar-refractivity contribution in [3.8, 4) is 33.6 Å². The maximum atomic E-state index is 14.4. The summed E-state index contributed by atoms with van der Waals surface area (Å²) in [4.78, 5) is 16.3. The number of benzene rings is 1. The summed E-state index contributed by atoms with van der Waals surface area (Å²) < 4.78 is 14.4. The molecule has 6 nitrogen and oxygen atoms in total. The Kier molecular flexibility index (Phi) is 3.86. The molecule has 0 saturated heterocycles. The first-order valence-corrected chi connectivity index (χ1v) is 9.74. The van der Waals surface area contributed by atoms with Crippen LogP contribution in [0.5, 0.6) is 0 Å². The maximum absolute atomic E-state index is 14.4. The summed E-state index contributed by atoms with van der Waals surface area (Å²) >= 11 is 0. The van der Waals surface area contributed by atoms with Gasteiger partial charge in [0.25, 0.3) is 0 Å². The van der Waals surface area contributed by atoms with Crippen LogP contribution in [0.2, 0.25) is 0 Å². The molecule has 7 heteroatoms. The first-order valence-electron chi connectivity index (χ1n) is 9.74. The predicted octanol–water partition coefficient (Wildman–Crippen LogP) is 5.37. The Morgan fingerprint density at radius 1 is 0.774 bits per heavy atom. The van der Waals surface area contributed by atoms with Crippen molar-refractivity contribution in [2.75, 3.05) is 0 Å². The molecule has 0 unspecified atom stereocenters. The molecule has 1 aromatic carbocycles. The van der Waals surface area contributed by atoms with Gasteiger partial charge in [0.2, 0.25) is 0 Å². The van der Waals surface area contributed by atoms with Crippen LogP contribution in [0.3, 0.4) is 0 Å². The summed E-state index contributed by atoms with van der Waals surface area (Å²) in [6, 6.07) is 14.6. The number of rotatable bonds is 3. The molecule has 0 aliphatic carbocycles. The van der Waals surface area contributed by atoms with E-state index in [-0.39, 0.29) is 5.82 Å². The normalized spacial score (nSPS) is 11.4. The lowest BCUT2D eigenvalue weighted by Crippen LogP contribution is -1.85. The van der Waals surface area contributed by atoms with Crippen LogP contribution in [0.15, 0.2) is 79.5 Å². The molecule has 0 amide bonds. The average Bonchev–Trinajstić information content (AvgIpc) is 3.43. The third-order valence-electron chi connectivity index (χ3n) is 5.40. The van der Waals surface area contributed by atoms with E-state index in [9.17, 15) is 4.39 Å². The lowest BCUT2D eigenvalue weighted by atomic mass is 10.0. The zero-order valence-corrected chi connectivity index (χ0v) is 16.2. The van der Waals surface area contributed by atoms with Gasteiger partial charge in [-0.15, -0.1) is 0 Å². The van der Waals surface area contributed by atoms with Crippen LogP contribution in [0, 0.1) is 5.82 Å². The SMILES string of the molecule is Fc1ccccc1-c1cncc2[nH]c(-c3[nH]nc4ncc(-c5ccncc5)cc34)cc12. The predicted molar refractivity (Wildman–Crippen MR) is 118 cm³/mol. The van der Waals surface area contributed by atoms with Gasteiger partial charge in [-0.2, -0.15) is 5.10 Å². The number of hydrogen-bond donors (Lipinski definition) is 2. The van der Waals surface area contributed by atoms with E-state index >= 15 is 0 Å². The van der Waals surface area contributed by atoms with Crippen LogP contribution in [-0.2, 0) is 0 Å². The summed E-state index contributed by atoms with van der Waals surface area (Å²) in [6.45, 7) is 0. The molecule has 6 aromatic rings. The van der Waals surface area contributed by atoms with Gasteiger partial charge in [-0.3, -0.25) is 15.1 Å². The van der Waals surface area contributed by atoms with E-state index in [1.165, 1.54) is 6.07 Å². The second-order valence-corrected chi connectivity index (χ2v) is 7.24. The number of nitrogens with zero attached hydrogens (tertiary/aromatic N) is 4. The number of aromatic amines is 2. The van der Waals surface area contributed by atoms with E-state index in [0.717, 1.165) is 44.4 Å². The van der Waals surface area contributed by atoms with Gasteiger partial charge < -0.3 is 4.98 Å². The van der Waals surface area contributed by atoms with E-state index in [1.807, 2.05) is 24.3 Å². The van der Waals surface area contributed by atoms with Gasteiger partial charge >= 0.3 is 0 Å². The molecule has 6 rings (SSSR count). The third-order valence-corrected chi connectivity index (χ3v) is 5.40. The highest BCUT2D eigenvalue weighted by Gasteiger charge is 2.16. The van der Waals surface area contributed by atoms with Crippen LogP contribution < -0.4 is 0 Å². The minimum Gasteiger partial charge on any atom is -0.352 e. The molecule has 0 bridgehead atoms. The Labute approximate surface area is 175 Å². The van der Waals surface area contributed by atoms with Gasteiger partial charge in [0.05, 0.1) is 23.1 Å². The molecular formula is C24H15FN6. The summed E-state index contributed by atoms with van der Waals surface area (Å²) in [6.07, 6.45) is 8.73. The van der Waals surface area contributed by atoms with Crippen LogP contribution in [0.1, 0.15) is 0 Å². The molecule has 0 atom stereocenters. The lowest BCUT2D eigenvalue weighted by molar-refractivity contribution is 0.631. The molecule has 0 saturated carbocycles. The second kappa shape index (κ2) is 6.84. The highest BCUT2D eigenvalue weighted by Crippen LogP contribution is 2.34. The number of pyridine rings is 3. The monoisotopic (exact) mass is 406 g/mol. The van der Waals surface area contributed by atoms with Crippen LogP contribution in [0.25, 0.3) is 55.6 Å². The van der Waals surface area contributed by atoms with Gasteiger partial charge in [-0.05, 0) is 35.9 Å². The topological polar surface area (TPSA) is 83.1 Å². The molecule has 2 N–H and O–H groups in total. The fraction of sp³-hybridized carbons (Fsp3) is 0. The number of hydrogen-bond acceptors (Lipinski definition) is 4. The standard InChI is InChI=1S/C24H15FN6/c25-20-4-2-1-3-16(20)19-12-27-13-22-17(19)10-21(29-22)23-18-9-15(11-28-24(18)31-30-23)14-5-7-26-8-6-14/h1-13,29H,(H,28,30,31). The Bertz CT molecular complexity index is 1550. The van der Waals surface area contributed by atoms with Crippen molar-refractivity contribution in [1.29, 1.82) is 0 Å². The molecule has 0 fully saturated rings. The zero-order chi connectivity index (χ0) is 20.8. The van der Waals surface area contributed by atoms with Gasteiger partial charge in [-0.1, -0.05) is 18.2 Å². The molecule has 0 aliphatic rings. The highest BCUT2D eigenvalue weighted by atomic mass is 19.1. The molecule has 0 spiro atoms. The number of halogens is 1. The van der Waals surface area contributed by atoms with Crippen molar-refractivity contribution in [3.63, 3.8) is 0 Å². The number of H-pyrrole nitrogens is 2. The smallest absolute Gasteiger partial charge is 0.181 e. The van der Waals surface area contributed by atoms with Crippen LogP contribution in [0.4, 0.5) is 4.39 Å². The molecule has 148 valence electrons. The lowest BCUT2D eigenvalue weighted by Gasteiger charge is -2.03. The highest BCUT2D eigenvalue weighted by molar-refractivity contribution is 6.00. The Hall–Kier alpha value is -4.39. The van der Waals surface area contributed by atoms with Crippen LogP contribution in [-0.4, -0.2) is 30.1 Å². The molecule has 31 heavy (non-hydrogen) atoms. The largest absolute Gasteiger partial charge is 0.352 e. The van der Waals surface area contributed by atoms with E-state index in [1.54, 1.807) is 43.1 Å². The quantitative estimate of drug-likeness (QED) is 0.414. The fourth-order valence-corrected chi connectivity index (χ4v) is 3.89. The van der Waals surface area contributed by atoms with E-state index in [4.69, 9.17) is 0 Å². The molecular weight excluding hydrogens is 391 g/mol. The second-order valence-electron chi connectivity index (χ2n) is 7.24. The third kappa shape index (κ3) is 2.86. The summed E-state index contributed by atoms with van der Waals surface area (Å²) in [5.41, 5.74) is 6.34. The van der Waals surface area contributed by atoms with Crippen molar-refractivity contribution in [2.45, 2.75) is 0 Å². The number of fused-ring (bicyclic) bond motifs is 2. The fourth-order valence-electron chi connectivity index (χ4n) is 3.89. The van der Waals surface area contributed by atoms with Crippen molar-refractivity contribution in [3.05, 3.63) is 85.3 Å². The van der Waals surface area contributed by atoms with Gasteiger partial charge in [0.1, 0.15) is 5.82 Å². The van der Waals surface area contributed by atoms with E-state index in [2.05, 4.69) is 36.2 Å². The molecule has 0 aliphatic heterocycles.